The van der Waals surface area contributed by atoms with E-state index in [4.69, 9.17) is 5.73 Å². The predicted molar refractivity (Wildman–Crippen MR) is 78.0 cm³/mol. The van der Waals surface area contributed by atoms with Crippen LogP contribution in [0.25, 0.3) is 0 Å². The van der Waals surface area contributed by atoms with Gasteiger partial charge >= 0.3 is 6.18 Å². The van der Waals surface area contributed by atoms with Crippen molar-refractivity contribution in [3.05, 3.63) is 70.3 Å². The predicted octanol–water partition coefficient (Wildman–Crippen LogP) is 4.56. The number of aryl methyl sites for hydroxylation is 2. The molecule has 1 nitrogen and oxygen atoms in total. The van der Waals surface area contributed by atoms with Crippen molar-refractivity contribution < 1.29 is 13.2 Å². The molecule has 0 saturated heterocycles. The summed E-state index contributed by atoms with van der Waals surface area (Å²) in [4.78, 5) is 0. The van der Waals surface area contributed by atoms with Crippen molar-refractivity contribution in [3.8, 4) is 0 Å². The molecule has 0 fully saturated rings. The molecule has 0 heterocycles. The third kappa shape index (κ3) is 3.85. The van der Waals surface area contributed by atoms with Crippen molar-refractivity contribution >= 4 is 0 Å². The van der Waals surface area contributed by atoms with Crippen LogP contribution in [0.4, 0.5) is 13.2 Å². The molecule has 4 heteroatoms. The van der Waals surface area contributed by atoms with Crippen LogP contribution >= 0.6 is 0 Å². The topological polar surface area (TPSA) is 26.0 Å². The van der Waals surface area contributed by atoms with Gasteiger partial charge in [-0.25, -0.2) is 0 Å². The van der Waals surface area contributed by atoms with Crippen molar-refractivity contribution in [1.82, 2.24) is 0 Å². The molecule has 0 aliphatic carbocycles. The standard InChI is InChI=1S/C17H18F3N/c1-11-3-8-15(12(2)9-11)16(21)10-13-4-6-14(7-5-13)17(18,19)20/h3-9,16H,10,21H2,1-2H3. The Morgan fingerprint density at radius 3 is 2.14 bits per heavy atom. The fourth-order valence-corrected chi connectivity index (χ4v) is 2.44. The van der Waals surface area contributed by atoms with E-state index >= 15 is 0 Å². The second kappa shape index (κ2) is 5.90. The van der Waals surface area contributed by atoms with E-state index in [-0.39, 0.29) is 6.04 Å². The number of halogens is 3. The zero-order valence-corrected chi connectivity index (χ0v) is 12.0. The Morgan fingerprint density at radius 2 is 1.62 bits per heavy atom. The van der Waals surface area contributed by atoms with E-state index in [1.807, 2.05) is 26.0 Å². The Balaban J connectivity index is 2.14. The van der Waals surface area contributed by atoms with Crippen LogP contribution < -0.4 is 5.73 Å². The lowest BCUT2D eigenvalue weighted by Crippen LogP contribution is -2.15. The van der Waals surface area contributed by atoms with Gasteiger partial charge in [0.1, 0.15) is 0 Å². The average Bonchev–Trinajstić information content (AvgIpc) is 2.38. The molecule has 112 valence electrons. The largest absolute Gasteiger partial charge is 0.416 e. The highest BCUT2D eigenvalue weighted by Crippen LogP contribution is 2.29. The van der Waals surface area contributed by atoms with Gasteiger partial charge < -0.3 is 5.73 Å². The summed E-state index contributed by atoms with van der Waals surface area (Å²) in [7, 11) is 0. The number of nitrogens with two attached hydrogens (primary N) is 1. The van der Waals surface area contributed by atoms with Gasteiger partial charge in [0, 0.05) is 6.04 Å². The fourth-order valence-electron chi connectivity index (χ4n) is 2.44. The van der Waals surface area contributed by atoms with Crippen LogP contribution in [0, 0.1) is 13.8 Å². The molecule has 0 saturated carbocycles. The summed E-state index contributed by atoms with van der Waals surface area (Å²) >= 11 is 0. The minimum atomic E-state index is -4.30. The molecule has 0 amide bonds. The summed E-state index contributed by atoms with van der Waals surface area (Å²) in [6.07, 6.45) is -3.78. The van der Waals surface area contributed by atoms with Gasteiger partial charge in [0.15, 0.2) is 0 Å². The zero-order chi connectivity index (χ0) is 15.6. The SMILES string of the molecule is Cc1ccc(C(N)Cc2ccc(C(F)(F)F)cc2)c(C)c1. The highest BCUT2D eigenvalue weighted by Gasteiger charge is 2.29. The number of benzene rings is 2. The minimum Gasteiger partial charge on any atom is -0.324 e. The maximum atomic E-state index is 12.5. The number of alkyl halides is 3. The Bertz CT molecular complexity index is 615. The van der Waals surface area contributed by atoms with Crippen LogP contribution in [0.1, 0.15) is 33.9 Å². The van der Waals surface area contributed by atoms with Gasteiger partial charge in [-0.05, 0) is 49.1 Å². The molecule has 2 aromatic rings. The first kappa shape index (κ1) is 15.6. The molecule has 0 aliphatic heterocycles. The molecule has 21 heavy (non-hydrogen) atoms. The average molecular weight is 293 g/mol. The lowest BCUT2D eigenvalue weighted by Gasteiger charge is -2.16. The van der Waals surface area contributed by atoms with Crippen LogP contribution in [0.3, 0.4) is 0 Å². The van der Waals surface area contributed by atoms with Crippen molar-refractivity contribution in [2.75, 3.05) is 0 Å². The number of hydrogen-bond donors (Lipinski definition) is 1. The molecular formula is C17H18F3N. The van der Waals surface area contributed by atoms with E-state index in [2.05, 4.69) is 6.07 Å². The second-order valence-electron chi connectivity index (χ2n) is 5.37. The molecular weight excluding hydrogens is 275 g/mol. The van der Waals surface area contributed by atoms with Gasteiger partial charge in [0.25, 0.3) is 0 Å². The van der Waals surface area contributed by atoms with Gasteiger partial charge in [-0.2, -0.15) is 13.2 Å². The van der Waals surface area contributed by atoms with E-state index in [0.717, 1.165) is 34.4 Å². The lowest BCUT2D eigenvalue weighted by atomic mass is 9.94. The summed E-state index contributed by atoms with van der Waals surface area (Å²) in [5.41, 5.74) is 9.65. The van der Waals surface area contributed by atoms with Crippen LogP contribution in [0.5, 0.6) is 0 Å². The molecule has 2 N–H and O–H groups in total. The Hall–Kier alpha value is -1.81. The van der Waals surface area contributed by atoms with Crippen molar-refractivity contribution in [2.45, 2.75) is 32.5 Å². The molecule has 1 unspecified atom stereocenters. The summed E-state index contributed by atoms with van der Waals surface area (Å²) in [5, 5.41) is 0. The molecule has 0 aromatic heterocycles. The monoisotopic (exact) mass is 293 g/mol. The first-order valence-electron chi connectivity index (χ1n) is 6.76. The van der Waals surface area contributed by atoms with Gasteiger partial charge in [0.2, 0.25) is 0 Å². The van der Waals surface area contributed by atoms with Crippen molar-refractivity contribution in [2.24, 2.45) is 5.73 Å². The van der Waals surface area contributed by atoms with Crippen LogP contribution in [-0.4, -0.2) is 0 Å². The molecule has 2 aromatic carbocycles. The summed E-state index contributed by atoms with van der Waals surface area (Å²) in [6, 6.07) is 11.0. The third-order valence-electron chi connectivity index (χ3n) is 3.56. The zero-order valence-electron chi connectivity index (χ0n) is 12.0. The maximum Gasteiger partial charge on any atom is 0.416 e. The molecule has 0 spiro atoms. The summed E-state index contributed by atoms with van der Waals surface area (Å²) in [6.45, 7) is 4.01. The van der Waals surface area contributed by atoms with Crippen LogP contribution in [-0.2, 0) is 12.6 Å². The van der Waals surface area contributed by atoms with Gasteiger partial charge in [0.05, 0.1) is 5.56 Å². The van der Waals surface area contributed by atoms with Crippen molar-refractivity contribution in [3.63, 3.8) is 0 Å². The second-order valence-corrected chi connectivity index (χ2v) is 5.37. The third-order valence-corrected chi connectivity index (χ3v) is 3.56. The van der Waals surface area contributed by atoms with Gasteiger partial charge in [-0.3, -0.25) is 0 Å². The van der Waals surface area contributed by atoms with E-state index in [0.29, 0.717) is 6.42 Å². The van der Waals surface area contributed by atoms with Gasteiger partial charge in [-0.15, -0.1) is 0 Å². The van der Waals surface area contributed by atoms with E-state index in [1.54, 1.807) is 0 Å². The number of rotatable bonds is 3. The fraction of sp³-hybridized carbons (Fsp3) is 0.294. The Kier molecular flexibility index (Phi) is 4.37. The maximum absolute atomic E-state index is 12.5. The van der Waals surface area contributed by atoms with E-state index in [1.165, 1.54) is 12.1 Å². The summed E-state index contributed by atoms with van der Waals surface area (Å²) < 4.78 is 37.5. The highest BCUT2D eigenvalue weighted by atomic mass is 19.4. The van der Waals surface area contributed by atoms with Crippen molar-refractivity contribution in [1.29, 1.82) is 0 Å². The van der Waals surface area contributed by atoms with E-state index < -0.39 is 11.7 Å². The molecule has 0 bridgehead atoms. The highest BCUT2D eigenvalue weighted by molar-refractivity contribution is 5.34. The minimum absolute atomic E-state index is 0.220. The normalized spacial score (nSPS) is 13.2. The first-order valence-corrected chi connectivity index (χ1v) is 6.76. The smallest absolute Gasteiger partial charge is 0.324 e. The molecule has 0 aliphatic rings. The first-order chi connectivity index (χ1) is 9.77. The molecule has 1 atom stereocenters. The molecule has 2 rings (SSSR count). The number of hydrogen-bond acceptors (Lipinski definition) is 1. The van der Waals surface area contributed by atoms with E-state index in [9.17, 15) is 13.2 Å². The lowest BCUT2D eigenvalue weighted by molar-refractivity contribution is -0.137. The van der Waals surface area contributed by atoms with Crippen LogP contribution in [0.15, 0.2) is 42.5 Å². The van der Waals surface area contributed by atoms with Gasteiger partial charge in [-0.1, -0.05) is 35.9 Å². The molecule has 0 radical (unpaired) electrons. The Morgan fingerprint density at radius 1 is 1.00 bits per heavy atom. The quantitative estimate of drug-likeness (QED) is 0.881. The van der Waals surface area contributed by atoms with Crippen LogP contribution in [0.2, 0.25) is 0 Å². The Labute approximate surface area is 122 Å². The summed E-state index contributed by atoms with van der Waals surface area (Å²) in [5.74, 6) is 0.